The van der Waals surface area contributed by atoms with E-state index in [9.17, 15) is 4.79 Å². The molecule has 4 rings (SSSR count). The Bertz CT molecular complexity index is 1130. The highest BCUT2D eigenvalue weighted by Gasteiger charge is 2.11. The largest absolute Gasteiger partial charge is 0.477 e. The van der Waals surface area contributed by atoms with Gasteiger partial charge in [0.25, 0.3) is 5.91 Å². The minimum atomic E-state index is -0.345. The maximum Gasteiger partial charge on any atom is 0.271 e. The molecule has 0 atom stereocenters. The van der Waals surface area contributed by atoms with Gasteiger partial charge in [-0.25, -0.2) is 0 Å². The first kappa shape index (κ1) is 19.2. The SMILES string of the molecule is CCOc1ccc(C(=O)NCCOc2ccc3nnc(-c4ccccc4)n3n2)nn1. The molecule has 1 N–H and O–H groups in total. The summed E-state index contributed by atoms with van der Waals surface area (Å²) in [5.41, 5.74) is 1.72. The minimum absolute atomic E-state index is 0.204. The lowest BCUT2D eigenvalue weighted by atomic mass is 10.2. The van der Waals surface area contributed by atoms with Gasteiger partial charge in [-0.2, -0.15) is 4.52 Å². The quantitative estimate of drug-likeness (QED) is 0.441. The van der Waals surface area contributed by atoms with E-state index in [0.717, 1.165) is 5.56 Å². The van der Waals surface area contributed by atoms with E-state index in [-0.39, 0.29) is 24.8 Å². The summed E-state index contributed by atoms with van der Waals surface area (Å²) in [6.07, 6.45) is 0. The van der Waals surface area contributed by atoms with Crippen LogP contribution in [0, 0.1) is 0 Å². The third-order valence-electron chi connectivity index (χ3n) is 4.07. The number of nitrogens with zero attached hydrogens (tertiary/aromatic N) is 6. The predicted octanol–water partition coefficient (Wildman–Crippen LogP) is 1.79. The van der Waals surface area contributed by atoms with Crippen molar-refractivity contribution in [3.8, 4) is 23.1 Å². The van der Waals surface area contributed by atoms with Gasteiger partial charge in [-0.3, -0.25) is 4.79 Å². The van der Waals surface area contributed by atoms with E-state index in [4.69, 9.17) is 9.47 Å². The van der Waals surface area contributed by atoms with Gasteiger partial charge < -0.3 is 14.8 Å². The van der Waals surface area contributed by atoms with Gasteiger partial charge in [0.1, 0.15) is 6.61 Å². The second-order valence-corrected chi connectivity index (χ2v) is 6.13. The van der Waals surface area contributed by atoms with E-state index in [1.54, 1.807) is 28.8 Å². The fourth-order valence-electron chi connectivity index (χ4n) is 2.69. The summed E-state index contributed by atoms with van der Waals surface area (Å²) >= 11 is 0. The summed E-state index contributed by atoms with van der Waals surface area (Å²) in [6.45, 7) is 2.85. The standard InChI is InChI=1S/C20H19N7O3/c1-2-29-17-10-8-15(22-24-17)20(28)21-12-13-30-18-11-9-16-23-25-19(27(16)26-18)14-6-4-3-5-7-14/h3-11H,2,12-13H2,1H3,(H,21,28). The second kappa shape index (κ2) is 8.95. The van der Waals surface area contributed by atoms with Crippen molar-refractivity contribution < 1.29 is 14.3 Å². The molecule has 1 aromatic carbocycles. The van der Waals surface area contributed by atoms with Crippen molar-refractivity contribution in [3.63, 3.8) is 0 Å². The molecule has 0 fully saturated rings. The number of rotatable bonds is 8. The summed E-state index contributed by atoms with van der Waals surface area (Å²) in [4.78, 5) is 12.1. The lowest BCUT2D eigenvalue weighted by molar-refractivity contribution is 0.0940. The highest BCUT2D eigenvalue weighted by atomic mass is 16.5. The molecule has 10 heteroatoms. The van der Waals surface area contributed by atoms with Gasteiger partial charge in [-0.15, -0.1) is 25.5 Å². The average Bonchev–Trinajstić information content (AvgIpc) is 3.21. The number of ether oxygens (including phenoxy) is 2. The van der Waals surface area contributed by atoms with Crippen LogP contribution in [0.1, 0.15) is 17.4 Å². The third-order valence-corrected chi connectivity index (χ3v) is 4.07. The first-order valence-corrected chi connectivity index (χ1v) is 9.40. The number of amides is 1. The zero-order valence-corrected chi connectivity index (χ0v) is 16.2. The Morgan fingerprint density at radius 1 is 0.933 bits per heavy atom. The summed E-state index contributed by atoms with van der Waals surface area (Å²) in [5, 5.41) is 23.2. The Morgan fingerprint density at radius 3 is 2.53 bits per heavy atom. The van der Waals surface area contributed by atoms with E-state index in [1.807, 2.05) is 37.3 Å². The topological polar surface area (TPSA) is 116 Å². The summed E-state index contributed by atoms with van der Waals surface area (Å²) in [7, 11) is 0. The molecule has 1 amide bonds. The van der Waals surface area contributed by atoms with E-state index in [2.05, 4.69) is 30.8 Å². The number of benzene rings is 1. The molecule has 0 saturated heterocycles. The van der Waals surface area contributed by atoms with Gasteiger partial charge >= 0.3 is 0 Å². The van der Waals surface area contributed by atoms with Gasteiger partial charge in [0.15, 0.2) is 17.2 Å². The minimum Gasteiger partial charge on any atom is -0.477 e. The highest BCUT2D eigenvalue weighted by molar-refractivity contribution is 5.92. The molecule has 3 aromatic heterocycles. The Labute approximate surface area is 171 Å². The van der Waals surface area contributed by atoms with Crippen LogP contribution in [0.2, 0.25) is 0 Å². The molecule has 0 spiro atoms. The first-order valence-electron chi connectivity index (χ1n) is 9.40. The van der Waals surface area contributed by atoms with Crippen LogP contribution in [0.3, 0.4) is 0 Å². The van der Waals surface area contributed by atoms with Crippen molar-refractivity contribution in [1.29, 1.82) is 0 Å². The molecule has 0 aliphatic heterocycles. The molecular formula is C20H19N7O3. The molecule has 0 bridgehead atoms. The lowest BCUT2D eigenvalue weighted by Crippen LogP contribution is -2.29. The van der Waals surface area contributed by atoms with E-state index < -0.39 is 0 Å². The van der Waals surface area contributed by atoms with E-state index >= 15 is 0 Å². The lowest BCUT2D eigenvalue weighted by Gasteiger charge is -2.07. The van der Waals surface area contributed by atoms with Crippen molar-refractivity contribution >= 4 is 11.6 Å². The van der Waals surface area contributed by atoms with Crippen LogP contribution < -0.4 is 14.8 Å². The molecule has 0 radical (unpaired) electrons. The van der Waals surface area contributed by atoms with Crippen molar-refractivity contribution in [1.82, 2.24) is 35.3 Å². The molecule has 3 heterocycles. The molecule has 4 aromatic rings. The summed E-state index contributed by atoms with van der Waals surface area (Å²) in [5.74, 6) is 1.05. The van der Waals surface area contributed by atoms with Gasteiger partial charge in [-0.1, -0.05) is 30.3 Å². The maximum absolute atomic E-state index is 12.1. The molecule has 0 unspecified atom stereocenters. The normalized spacial score (nSPS) is 10.7. The monoisotopic (exact) mass is 405 g/mol. The highest BCUT2D eigenvalue weighted by Crippen LogP contribution is 2.18. The Balaban J connectivity index is 1.34. The second-order valence-electron chi connectivity index (χ2n) is 6.13. The van der Waals surface area contributed by atoms with Crippen molar-refractivity contribution in [2.75, 3.05) is 19.8 Å². The molecule has 10 nitrogen and oxygen atoms in total. The molecule has 0 saturated carbocycles. The zero-order chi connectivity index (χ0) is 20.8. The van der Waals surface area contributed by atoms with Crippen LogP contribution in [0.25, 0.3) is 17.0 Å². The number of hydrogen-bond donors (Lipinski definition) is 1. The molecular weight excluding hydrogens is 386 g/mol. The molecule has 0 aliphatic carbocycles. The number of carbonyl (C=O) groups excluding carboxylic acids is 1. The van der Waals surface area contributed by atoms with Gasteiger partial charge in [0, 0.05) is 17.7 Å². The van der Waals surface area contributed by atoms with Crippen molar-refractivity contribution in [3.05, 3.63) is 60.3 Å². The number of carbonyl (C=O) groups is 1. The van der Waals surface area contributed by atoms with Crippen LogP contribution >= 0.6 is 0 Å². The average molecular weight is 405 g/mol. The fraction of sp³-hybridized carbons (Fsp3) is 0.200. The number of hydrogen-bond acceptors (Lipinski definition) is 8. The number of aromatic nitrogens is 6. The van der Waals surface area contributed by atoms with E-state index in [0.29, 0.717) is 29.8 Å². The smallest absolute Gasteiger partial charge is 0.271 e. The Hall–Kier alpha value is -4.08. The van der Waals surface area contributed by atoms with Crippen LogP contribution in [0.15, 0.2) is 54.6 Å². The van der Waals surface area contributed by atoms with Crippen LogP contribution in [-0.2, 0) is 0 Å². The number of nitrogens with one attached hydrogen (secondary N) is 1. The fourth-order valence-corrected chi connectivity index (χ4v) is 2.69. The molecule has 152 valence electrons. The Kier molecular flexibility index (Phi) is 5.74. The van der Waals surface area contributed by atoms with Gasteiger partial charge in [0.05, 0.1) is 13.2 Å². The number of fused-ring (bicyclic) bond motifs is 1. The van der Waals surface area contributed by atoms with Gasteiger partial charge in [0.2, 0.25) is 11.8 Å². The zero-order valence-electron chi connectivity index (χ0n) is 16.2. The predicted molar refractivity (Wildman–Crippen MR) is 107 cm³/mol. The van der Waals surface area contributed by atoms with Crippen molar-refractivity contribution in [2.24, 2.45) is 0 Å². The van der Waals surface area contributed by atoms with E-state index in [1.165, 1.54) is 0 Å². The Morgan fingerprint density at radius 2 is 1.77 bits per heavy atom. The maximum atomic E-state index is 12.1. The summed E-state index contributed by atoms with van der Waals surface area (Å²) < 4.78 is 12.5. The molecule has 0 aliphatic rings. The van der Waals surface area contributed by atoms with Crippen molar-refractivity contribution in [2.45, 2.75) is 6.92 Å². The third kappa shape index (κ3) is 4.32. The first-order chi connectivity index (χ1) is 14.7. The van der Waals surface area contributed by atoms with Gasteiger partial charge in [-0.05, 0) is 19.1 Å². The summed E-state index contributed by atoms with van der Waals surface area (Å²) in [6, 6.07) is 16.3. The van der Waals surface area contributed by atoms with Crippen LogP contribution in [-0.4, -0.2) is 55.7 Å². The van der Waals surface area contributed by atoms with Crippen LogP contribution in [0.5, 0.6) is 11.8 Å². The van der Waals surface area contributed by atoms with Crippen LogP contribution in [0.4, 0.5) is 0 Å². The molecule has 30 heavy (non-hydrogen) atoms.